The zero-order valence-electron chi connectivity index (χ0n) is 12.1. The molecule has 0 unspecified atom stereocenters. The summed E-state index contributed by atoms with van der Waals surface area (Å²) in [7, 11) is -3.77. The summed E-state index contributed by atoms with van der Waals surface area (Å²) in [6.07, 6.45) is 1.45. The van der Waals surface area contributed by atoms with Crippen LogP contribution in [-0.2, 0) is 15.4 Å². The van der Waals surface area contributed by atoms with Crippen LogP contribution >= 0.6 is 11.6 Å². The maximum atomic E-state index is 12.5. The lowest BCUT2D eigenvalue weighted by molar-refractivity contribution is 0.590. The van der Waals surface area contributed by atoms with Gasteiger partial charge in [-0.25, -0.2) is 13.4 Å². The minimum Gasteiger partial charge on any atom is -0.279 e. The van der Waals surface area contributed by atoms with Crippen molar-refractivity contribution < 1.29 is 8.42 Å². The van der Waals surface area contributed by atoms with Crippen LogP contribution in [0.3, 0.4) is 0 Å². The van der Waals surface area contributed by atoms with Gasteiger partial charge >= 0.3 is 0 Å². The molecular weight excluding hydrogens is 308 g/mol. The van der Waals surface area contributed by atoms with Gasteiger partial charge in [-0.3, -0.25) is 4.72 Å². The van der Waals surface area contributed by atoms with Crippen molar-refractivity contribution in [2.75, 3.05) is 4.72 Å². The first-order chi connectivity index (χ1) is 9.72. The van der Waals surface area contributed by atoms with E-state index in [1.165, 1.54) is 18.3 Å². The monoisotopic (exact) mass is 324 g/mol. The average molecular weight is 325 g/mol. The molecule has 0 saturated carbocycles. The summed E-state index contributed by atoms with van der Waals surface area (Å²) in [5.41, 5.74) is 1.27. The van der Waals surface area contributed by atoms with E-state index in [9.17, 15) is 8.42 Å². The van der Waals surface area contributed by atoms with E-state index in [0.29, 0.717) is 5.69 Å². The normalized spacial score (nSPS) is 12.2. The van der Waals surface area contributed by atoms with Gasteiger partial charge in [0.05, 0.1) is 5.69 Å². The molecule has 0 atom stereocenters. The number of benzene rings is 1. The lowest BCUT2D eigenvalue weighted by atomic mass is 9.86. The maximum absolute atomic E-state index is 12.5. The number of hydrogen-bond acceptors (Lipinski definition) is 3. The Labute approximate surface area is 130 Å². The fourth-order valence-electron chi connectivity index (χ4n) is 2.00. The molecule has 21 heavy (non-hydrogen) atoms. The Morgan fingerprint density at radius 1 is 1.10 bits per heavy atom. The first kappa shape index (κ1) is 15.8. The first-order valence-corrected chi connectivity index (χ1v) is 8.31. The summed E-state index contributed by atoms with van der Waals surface area (Å²) >= 11 is 5.87. The van der Waals surface area contributed by atoms with Gasteiger partial charge in [-0.15, -0.1) is 0 Å². The Bertz CT molecular complexity index is 752. The molecule has 1 aromatic heterocycles. The van der Waals surface area contributed by atoms with Crippen LogP contribution in [0, 0.1) is 0 Å². The van der Waals surface area contributed by atoms with Crippen molar-refractivity contribution in [1.29, 1.82) is 0 Å². The quantitative estimate of drug-likeness (QED) is 0.873. The van der Waals surface area contributed by atoms with E-state index in [-0.39, 0.29) is 15.5 Å². The summed E-state index contributed by atoms with van der Waals surface area (Å²) in [6, 6.07) is 10.3. The van der Waals surface area contributed by atoms with Gasteiger partial charge in [-0.1, -0.05) is 50.6 Å². The number of sulfonamides is 1. The van der Waals surface area contributed by atoms with Crippen LogP contribution in [0.15, 0.2) is 47.5 Å². The van der Waals surface area contributed by atoms with Gasteiger partial charge in [0.15, 0.2) is 0 Å². The topological polar surface area (TPSA) is 59.1 Å². The Morgan fingerprint density at radius 2 is 1.76 bits per heavy atom. The minimum atomic E-state index is -3.77. The molecular formula is C15H17ClN2O2S. The highest BCUT2D eigenvalue weighted by atomic mass is 35.5. The number of nitrogens with one attached hydrogen (secondary N) is 1. The lowest BCUT2D eigenvalue weighted by Crippen LogP contribution is -2.19. The summed E-state index contributed by atoms with van der Waals surface area (Å²) in [5, 5.41) is -0.0433. The smallest absolute Gasteiger partial charge is 0.264 e. The summed E-state index contributed by atoms with van der Waals surface area (Å²) in [5.74, 6) is 0. The predicted molar refractivity (Wildman–Crippen MR) is 85.2 cm³/mol. The highest BCUT2D eigenvalue weighted by Gasteiger charge is 2.23. The molecule has 0 saturated heterocycles. The van der Waals surface area contributed by atoms with Crippen molar-refractivity contribution in [2.45, 2.75) is 31.1 Å². The number of aromatic nitrogens is 1. The number of anilines is 1. The second kappa shape index (κ2) is 5.66. The molecule has 1 N–H and O–H groups in total. The van der Waals surface area contributed by atoms with E-state index in [0.717, 1.165) is 5.56 Å². The third-order valence-electron chi connectivity index (χ3n) is 2.99. The van der Waals surface area contributed by atoms with Crippen LogP contribution in [-0.4, -0.2) is 13.4 Å². The molecule has 0 spiro atoms. The van der Waals surface area contributed by atoms with Gasteiger partial charge < -0.3 is 0 Å². The second-order valence-electron chi connectivity index (χ2n) is 5.69. The van der Waals surface area contributed by atoms with E-state index >= 15 is 0 Å². The summed E-state index contributed by atoms with van der Waals surface area (Å²) in [4.78, 5) is 3.77. The predicted octanol–water partition coefficient (Wildman–Crippen LogP) is 3.83. The highest BCUT2D eigenvalue weighted by Crippen LogP contribution is 2.31. The SMILES string of the molecule is CC(C)(C)c1ccccc1NS(=O)(=O)c1cccnc1Cl. The molecule has 0 aliphatic carbocycles. The van der Waals surface area contributed by atoms with Crippen molar-refractivity contribution in [1.82, 2.24) is 4.98 Å². The van der Waals surface area contributed by atoms with E-state index in [1.807, 2.05) is 32.9 Å². The molecule has 0 fully saturated rings. The van der Waals surface area contributed by atoms with E-state index in [2.05, 4.69) is 9.71 Å². The molecule has 0 amide bonds. The van der Waals surface area contributed by atoms with Gasteiger partial charge in [0.1, 0.15) is 10.0 Å². The second-order valence-corrected chi connectivity index (χ2v) is 7.70. The Kier molecular flexibility index (Phi) is 4.25. The minimum absolute atomic E-state index is 0.0321. The molecule has 4 nitrogen and oxygen atoms in total. The third-order valence-corrected chi connectivity index (χ3v) is 4.80. The van der Waals surface area contributed by atoms with Crippen molar-refractivity contribution in [3.8, 4) is 0 Å². The van der Waals surface area contributed by atoms with Gasteiger partial charge in [0.2, 0.25) is 0 Å². The molecule has 2 aromatic rings. The Morgan fingerprint density at radius 3 is 2.38 bits per heavy atom. The molecule has 0 bridgehead atoms. The number of para-hydroxylation sites is 1. The van der Waals surface area contributed by atoms with Crippen molar-refractivity contribution >= 4 is 27.3 Å². The van der Waals surface area contributed by atoms with Gasteiger partial charge in [0.25, 0.3) is 10.0 Å². The van der Waals surface area contributed by atoms with Gasteiger partial charge in [0, 0.05) is 6.20 Å². The van der Waals surface area contributed by atoms with Crippen molar-refractivity contribution in [3.63, 3.8) is 0 Å². The number of pyridine rings is 1. The first-order valence-electron chi connectivity index (χ1n) is 6.45. The lowest BCUT2D eigenvalue weighted by Gasteiger charge is -2.23. The molecule has 1 aromatic carbocycles. The third kappa shape index (κ3) is 3.54. The van der Waals surface area contributed by atoms with Crippen LogP contribution < -0.4 is 4.72 Å². The number of hydrogen-bond donors (Lipinski definition) is 1. The Balaban J connectivity index is 2.46. The molecule has 6 heteroatoms. The highest BCUT2D eigenvalue weighted by molar-refractivity contribution is 7.92. The summed E-state index contributed by atoms with van der Waals surface area (Å²) < 4.78 is 27.5. The molecule has 112 valence electrons. The van der Waals surface area contributed by atoms with Crippen LogP contribution in [0.4, 0.5) is 5.69 Å². The van der Waals surface area contributed by atoms with Gasteiger partial charge in [-0.05, 0) is 29.2 Å². The van der Waals surface area contributed by atoms with Crippen LogP contribution in [0.1, 0.15) is 26.3 Å². The van der Waals surface area contributed by atoms with Crippen LogP contribution in [0.2, 0.25) is 5.15 Å². The Hall–Kier alpha value is -1.59. The van der Waals surface area contributed by atoms with E-state index < -0.39 is 10.0 Å². The number of rotatable bonds is 3. The molecule has 2 rings (SSSR count). The molecule has 1 heterocycles. The van der Waals surface area contributed by atoms with Crippen molar-refractivity contribution in [2.24, 2.45) is 0 Å². The fraction of sp³-hybridized carbons (Fsp3) is 0.267. The zero-order chi connectivity index (χ0) is 15.7. The van der Waals surface area contributed by atoms with E-state index in [4.69, 9.17) is 11.6 Å². The van der Waals surface area contributed by atoms with Crippen LogP contribution in [0.25, 0.3) is 0 Å². The largest absolute Gasteiger partial charge is 0.279 e. The molecule has 0 aliphatic rings. The molecule has 0 radical (unpaired) electrons. The number of nitrogens with zero attached hydrogens (tertiary/aromatic N) is 1. The summed E-state index contributed by atoms with van der Waals surface area (Å²) in [6.45, 7) is 6.07. The number of halogens is 1. The fourth-order valence-corrected chi connectivity index (χ4v) is 3.53. The van der Waals surface area contributed by atoms with Gasteiger partial charge in [-0.2, -0.15) is 0 Å². The van der Waals surface area contributed by atoms with E-state index in [1.54, 1.807) is 12.1 Å². The average Bonchev–Trinajstić information content (AvgIpc) is 2.38. The van der Waals surface area contributed by atoms with Crippen LogP contribution in [0.5, 0.6) is 0 Å². The van der Waals surface area contributed by atoms with Crippen molar-refractivity contribution in [3.05, 3.63) is 53.3 Å². The zero-order valence-corrected chi connectivity index (χ0v) is 13.7. The standard InChI is InChI=1S/C15H17ClN2O2S/c1-15(2,3)11-7-4-5-8-12(11)18-21(19,20)13-9-6-10-17-14(13)16/h4-10,18H,1-3H3. The maximum Gasteiger partial charge on any atom is 0.264 e. The molecule has 0 aliphatic heterocycles.